The van der Waals surface area contributed by atoms with E-state index in [1.165, 1.54) is 5.57 Å². The number of rotatable bonds is 5. The average molecular weight is 665 g/mol. The van der Waals surface area contributed by atoms with Crippen molar-refractivity contribution in [3.05, 3.63) is 11.6 Å². The first-order valence-corrected chi connectivity index (χ1v) is 18.3. The van der Waals surface area contributed by atoms with Gasteiger partial charge in [-0.15, -0.1) is 0 Å². The molecule has 0 spiro atoms. The first-order valence-electron chi connectivity index (χ1n) is 18.3. The van der Waals surface area contributed by atoms with Crippen molar-refractivity contribution >= 4 is 5.97 Å². The van der Waals surface area contributed by atoms with E-state index in [9.17, 15) is 34.7 Å². The van der Waals surface area contributed by atoms with Gasteiger partial charge in [-0.2, -0.15) is 0 Å². The van der Waals surface area contributed by atoms with Gasteiger partial charge in [0.2, 0.25) is 0 Å². The van der Waals surface area contributed by atoms with E-state index >= 15 is 0 Å². The van der Waals surface area contributed by atoms with E-state index in [0.717, 1.165) is 64.2 Å². The zero-order valence-electron chi connectivity index (χ0n) is 29.7. The maximum atomic E-state index is 13.2. The molecule has 8 nitrogen and oxygen atoms in total. The van der Waals surface area contributed by atoms with Gasteiger partial charge in [-0.3, -0.25) is 0 Å². The Balaban J connectivity index is 1.36. The molecule has 6 aliphatic rings. The molecule has 1 aliphatic heterocycles. The largest absolute Gasteiger partial charge is 0.460 e. The molecule has 5 fully saturated rings. The van der Waals surface area contributed by atoms with Crippen molar-refractivity contribution in [3.63, 3.8) is 0 Å². The van der Waals surface area contributed by atoms with Crippen molar-refractivity contribution < 1.29 is 44.2 Å². The van der Waals surface area contributed by atoms with Gasteiger partial charge in [-0.1, -0.05) is 60.1 Å². The number of fused-ring (bicyclic) bond motifs is 7. The molecule has 0 aromatic heterocycles. The molecule has 14 atom stereocenters. The van der Waals surface area contributed by atoms with Crippen LogP contribution in [0.4, 0.5) is 4.39 Å². The Bertz CT molecular complexity index is 1250. The Labute approximate surface area is 280 Å². The fourth-order valence-electron chi connectivity index (χ4n) is 12.9. The molecule has 0 aromatic rings. The molecule has 5 aliphatic carbocycles. The van der Waals surface area contributed by atoms with Gasteiger partial charge in [0.05, 0.1) is 12.7 Å². The quantitative estimate of drug-likeness (QED) is 0.208. The lowest BCUT2D eigenvalue weighted by atomic mass is 9.33. The van der Waals surface area contributed by atoms with Gasteiger partial charge in [0, 0.05) is 10.8 Å². The Hall–Kier alpha value is -1.10. The number of esters is 1. The summed E-state index contributed by atoms with van der Waals surface area (Å²) in [5.41, 5.74) is 0.559. The second-order valence-corrected chi connectivity index (χ2v) is 18.7. The Morgan fingerprint density at radius 2 is 1.62 bits per heavy atom. The maximum Gasteiger partial charge on any atom is 0.337 e. The lowest BCUT2D eigenvalue weighted by molar-refractivity contribution is -0.272. The van der Waals surface area contributed by atoms with Crippen LogP contribution in [0.5, 0.6) is 0 Å². The summed E-state index contributed by atoms with van der Waals surface area (Å²) in [6, 6.07) is 0. The van der Waals surface area contributed by atoms with E-state index < -0.39 is 61.3 Å². The van der Waals surface area contributed by atoms with Crippen LogP contribution in [0.15, 0.2) is 11.6 Å². The standard InChI is InChI=1S/C38H61FO8/c1-33(2)14-16-38(32(45)31-30(44)29(43)28(42)23(20-40)46-31)17-15-36(6)21(22(38)18-33)8-9-25-35(5)12-11-26(47-27(41)19-39)34(3,4)24(35)10-13-37(25,36)7/h8,22-26,28-32,40,42-45H,9-20H2,1-7H3/t22?,23?,24?,25?,26-,28-,29?,30?,31-,32+,35-,36+,37+,38-/m0/s1. The smallest absolute Gasteiger partial charge is 0.337 e. The van der Waals surface area contributed by atoms with Crippen LogP contribution in [0.3, 0.4) is 0 Å². The molecule has 9 heteroatoms. The Morgan fingerprint density at radius 3 is 2.28 bits per heavy atom. The molecule has 1 heterocycles. The van der Waals surface area contributed by atoms with Gasteiger partial charge in [-0.05, 0) is 104 Å². The topological polar surface area (TPSA) is 137 Å². The number of halogens is 1. The molecule has 1 saturated heterocycles. The van der Waals surface area contributed by atoms with Gasteiger partial charge < -0.3 is 35.0 Å². The molecule has 0 bridgehead atoms. The second-order valence-electron chi connectivity index (χ2n) is 18.7. The van der Waals surface area contributed by atoms with E-state index in [4.69, 9.17) is 9.47 Å². The molecule has 268 valence electrons. The van der Waals surface area contributed by atoms with Crippen LogP contribution < -0.4 is 0 Å². The molecule has 5 N–H and O–H groups in total. The Morgan fingerprint density at radius 1 is 0.936 bits per heavy atom. The number of carbonyl (C=O) groups excluding carboxylic acids is 1. The summed E-state index contributed by atoms with van der Waals surface area (Å²) in [6.45, 7) is 14.8. The number of aliphatic hydroxyl groups is 5. The number of allylic oxidation sites excluding steroid dienone is 2. The number of alkyl halides is 1. The summed E-state index contributed by atoms with van der Waals surface area (Å²) in [5, 5.41) is 54.5. The van der Waals surface area contributed by atoms with Crippen molar-refractivity contribution in [2.24, 2.45) is 50.2 Å². The fraction of sp³-hybridized carbons (Fsp3) is 0.921. The van der Waals surface area contributed by atoms with E-state index in [2.05, 4.69) is 54.5 Å². The lowest BCUT2D eigenvalue weighted by Crippen LogP contribution is -2.68. The predicted molar refractivity (Wildman–Crippen MR) is 175 cm³/mol. The van der Waals surface area contributed by atoms with Gasteiger partial charge in [0.15, 0.2) is 6.67 Å². The molecular weight excluding hydrogens is 603 g/mol. The first-order chi connectivity index (χ1) is 21.8. The highest BCUT2D eigenvalue weighted by Crippen LogP contribution is 2.76. The van der Waals surface area contributed by atoms with Crippen LogP contribution >= 0.6 is 0 Å². The number of hydrogen-bond acceptors (Lipinski definition) is 8. The van der Waals surface area contributed by atoms with Crippen LogP contribution in [0.1, 0.15) is 113 Å². The van der Waals surface area contributed by atoms with E-state index in [1.54, 1.807) is 0 Å². The molecule has 0 radical (unpaired) electrons. The highest BCUT2D eigenvalue weighted by molar-refractivity contribution is 5.70. The summed E-state index contributed by atoms with van der Waals surface area (Å²) in [5.74, 6) is 0.0428. The molecule has 0 amide bonds. The van der Waals surface area contributed by atoms with Gasteiger partial charge >= 0.3 is 5.97 Å². The number of hydrogen-bond donors (Lipinski definition) is 5. The SMILES string of the molecule is CC1(C)CC[C@]2([C@H](O)[C@H]3OC(CO)[C@H](O)C(O)C3O)CC[C@]3(C)C(=CCC4[C@@]5(C)CC[C@H](OC(=O)CF)C(C)(C)C5CC[C@]43C)C2C1. The number of aliphatic hydroxyl groups excluding tert-OH is 5. The van der Waals surface area contributed by atoms with E-state index in [1.807, 2.05) is 0 Å². The van der Waals surface area contributed by atoms with Crippen molar-refractivity contribution in [1.29, 1.82) is 0 Å². The summed E-state index contributed by atoms with van der Waals surface area (Å²) in [4.78, 5) is 12.0. The summed E-state index contributed by atoms with van der Waals surface area (Å²) >= 11 is 0. The van der Waals surface area contributed by atoms with Crippen LogP contribution in [0.25, 0.3) is 0 Å². The zero-order valence-corrected chi connectivity index (χ0v) is 29.7. The predicted octanol–water partition coefficient (Wildman–Crippen LogP) is 4.87. The molecule has 0 aromatic carbocycles. The average Bonchev–Trinajstić information content (AvgIpc) is 3.01. The van der Waals surface area contributed by atoms with E-state index in [-0.39, 0.29) is 39.1 Å². The summed E-state index contributed by atoms with van der Waals surface area (Å²) < 4.78 is 24.9. The second kappa shape index (κ2) is 11.7. The molecule has 4 saturated carbocycles. The molecular formula is C38H61FO8. The third kappa shape index (κ3) is 5.05. The van der Waals surface area contributed by atoms with Crippen LogP contribution in [-0.2, 0) is 14.3 Å². The zero-order chi connectivity index (χ0) is 34.5. The monoisotopic (exact) mass is 664 g/mol. The highest BCUT2D eigenvalue weighted by Gasteiger charge is 2.70. The third-order valence-electron chi connectivity index (χ3n) is 15.9. The molecule has 6 unspecified atom stereocenters. The highest BCUT2D eigenvalue weighted by atomic mass is 19.1. The Kier molecular flexibility index (Phi) is 8.91. The molecule has 47 heavy (non-hydrogen) atoms. The minimum Gasteiger partial charge on any atom is -0.460 e. The van der Waals surface area contributed by atoms with Crippen molar-refractivity contribution in [2.75, 3.05) is 13.3 Å². The van der Waals surface area contributed by atoms with Crippen LogP contribution in [0.2, 0.25) is 0 Å². The van der Waals surface area contributed by atoms with Crippen LogP contribution in [0, 0.1) is 50.2 Å². The van der Waals surface area contributed by atoms with E-state index in [0.29, 0.717) is 11.8 Å². The minimum atomic E-state index is -1.52. The maximum absolute atomic E-state index is 13.2. The lowest BCUT2D eigenvalue weighted by Gasteiger charge is -2.72. The van der Waals surface area contributed by atoms with Gasteiger partial charge in [0.25, 0.3) is 0 Å². The van der Waals surface area contributed by atoms with Crippen molar-refractivity contribution in [1.82, 2.24) is 0 Å². The number of ether oxygens (including phenoxy) is 2. The summed E-state index contributed by atoms with van der Waals surface area (Å²) in [7, 11) is 0. The van der Waals surface area contributed by atoms with Crippen LogP contribution in [-0.4, -0.2) is 87.5 Å². The fourth-order valence-corrected chi connectivity index (χ4v) is 12.9. The van der Waals surface area contributed by atoms with Crippen molar-refractivity contribution in [3.8, 4) is 0 Å². The van der Waals surface area contributed by atoms with Gasteiger partial charge in [0.1, 0.15) is 36.6 Å². The van der Waals surface area contributed by atoms with Crippen molar-refractivity contribution in [2.45, 2.75) is 155 Å². The normalized spacial score (nSPS) is 50.9. The molecule has 6 rings (SSSR count). The minimum absolute atomic E-state index is 0.00269. The third-order valence-corrected chi connectivity index (χ3v) is 15.9. The summed E-state index contributed by atoms with van der Waals surface area (Å²) in [6.07, 6.45) is 3.38. The first kappa shape index (κ1) is 35.7. The van der Waals surface area contributed by atoms with Gasteiger partial charge in [-0.25, -0.2) is 9.18 Å². The number of carbonyl (C=O) groups is 1.